The van der Waals surface area contributed by atoms with Gasteiger partial charge in [0.15, 0.2) is 0 Å². The lowest BCUT2D eigenvalue weighted by atomic mass is 10.1. The zero-order valence-corrected chi connectivity index (χ0v) is 11.9. The van der Waals surface area contributed by atoms with Gasteiger partial charge in [-0.05, 0) is 58.2 Å². The maximum absolute atomic E-state index is 13.4. The predicted molar refractivity (Wildman–Crippen MR) is 75.9 cm³/mol. The van der Waals surface area contributed by atoms with Gasteiger partial charge in [-0.3, -0.25) is 0 Å². The third kappa shape index (κ3) is 4.11. The maximum Gasteiger partial charge on any atom is 0.137 e. The molecule has 0 amide bonds. The molecular formula is C15H14BrF2N. The Hall–Kier alpha value is -1.26. The SMILES string of the molecule is Fc1cc(CNCCc2ccccc2F)ccc1Br. The number of rotatable bonds is 5. The molecule has 1 nitrogen and oxygen atoms in total. The molecule has 0 atom stereocenters. The van der Waals surface area contributed by atoms with Crippen LogP contribution in [0, 0.1) is 11.6 Å². The molecule has 19 heavy (non-hydrogen) atoms. The molecule has 0 bridgehead atoms. The Balaban J connectivity index is 1.81. The highest BCUT2D eigenvalue weighted by Crippen LogP contribution is 2.16. The number of hydrogen-bond donors (Lipinski definition) is 1. The molecule has 0 saturated carbocycles. The Morgan fingerprint density at radius 3 is 2.53 bits per heavy atom. The zero-order valence-electron chi connectivity index (χ0n) is 10.3. The lowest BCUT2D eigenvalue weighted by molar-refractivity contribution is 0.595. The minimum atomic E-state index is -0.270. The van der Waals surface area contributed by atoms with Crippen molar-refractivity contribution in [1.82, 2.24) is 5.32 Å². The van der Waals surface area contributed by atoms with E-state index in [1.807, 2.05) is 12.1 Å². The molecule has 0 heterocycles. The molecule has 2 aromatic rings. The molecule has 0 aliphatic rings. The maximum atomic E-state index is 13.4. The van der Waals surface area contributed by atoms with Crippen LogP contribution in [0.1, 0.15) is 11.1 Å². The van der Waals surface area contributed by atoms with E-state index in [9.17, 15) is 8.78 Å². The van der Waals surface area contributed by atoms with Gasteiger partial charge in [-0.2, -0.15) is 0 Å². The minimum Gasteiger partial charge on any atom is -0.312 e. The lowest BCUT2D eigenvalue weighted by Gasteiger charge is -2.06. The first-order valence-corrected chi connectivity index (χ1v) is 6.84. The predicted octanol–water partition coefficient (Wildman–Crippen LogP) is 4.06. The molecule has 0 radical (unpaired) electrons. The van der Waals surface area contributed by atoms with Crippen molar-refractivity contribution >= 4 is 15.9 Å². The first-order valence-electron chi connectivity index (χ1n) is 6.05. The van der Waals surface area contributed by atoms with Gasteiger partial charge in [0.05, 0.1) is 4.47 Å². The van der Waals surface area contributed by atoms with E-state index in [1.165, 1.54) is 12.1 Å². The average Bonchev–Trinajstić information content (AvgIpc) is 2.40. The third-order valence-electron chi connectivity index (χ3n) is 2.84. The van der Waals surface area contributed by atoms with Crippen LogP contribution in [0.5, 0.6) is 0 Å². The second-order valence-electron chi connectivity index (χ2n) is 4.27. The topological polar surface area (TPSA) is 12.0 Å². The number of halogens is 3. The summed E-state index contributed by atoms with van der Waals surface area (Å²) >= 11 is 3.11. The molecule has 2 rings (SSSR count). The van der Waals surface area contributed by atoms with Crippen molar-refractivity contribution in [3.63, 3.8) is 0 Å². The number of hydrogen-bond acceptors (Lipinski definition) is 1. The van der Waals surface area contributed by atoms with E-state index in [1.54, 1.807) is 18.2 Å². The summed E-state index contributed by atoms with van der Waals surface area (Å²) in [5.41, 5.74) is 1.56. The van der Waals surface area contributed by atoms with Crippen molar-refractivity contribution in [2.45, 2.75) is 13.0 Å². The lowest BCUT2D eigenvalue weighted by Crippen LogP contribution is -2.17. The van der Waals surface area contributed by atoms with Gasteiger partial charge in [0.1, 0.15) is 11.6 Å². The minimum absolute atomic E-state index is 0.181. The fraction of sp³-hybridized carbons (Fsp3) is 0.200. The number of nitrogens with one attached hydrogen (secondary N) is 1. The van der Waals surface area contributed by atoms with Crippen LogP contribution in [0.2, 0.25) is 0 Å². The Labute approximate surface area is 119 Å². The summed E-state index contributed by atoms with van der Waals surface area (Å²) in [6.45, 7) is 1.22. The van der Waals surface area contributed by atoms with Crippen LogP contribution < -0.4 is 5.32 Å². The van der Waals surface area contributed by atoms with Crippen LogP contribution in [0.3, 0.4) is 0 Å². The van der Waals surface area contributed by atoms with E-state index in [4.69, 9.17) is 0 Å². The van der Waals surface area contributed by atoms with Gasteiger partial charge < -0.3 is 5.32 Å². The molecule has 0 aromatic heterocycles. The van der Waals surface area contributed by atoms with Crippen molar-refractivity contribution in [2.75, 3.05) is 6.54 Å². The summed E-state index contributed by atoms with van der Waals surface area (Å²) in [4.78, 5) is 0. The zero-order chi connectivity index (χ0) is 13.7. The van der Waals surface area contributed by atoms with Crippen LogP contribution in [-0.2, 0) is 13.0 Å². The normalized spacial score (nSPS) is 10.7. The van der Waals surface area contributed by atoms with Crippen LogP contribution >= 0.6 is 15.9 Å². The van der Waals surface area contributed by atoms with Crippen molar-refractivity contribution < 1.29 is 8.78 Å². The van der Waals surface area contributed by atoms with E-state index in [-0.39, 0.29) is 11.6 Å². The largest absolute Gasteiger partial charge is 0.312 e. The summed E-state index contributed by atoms with van der Waals surface area (Å²) in [6, 6.07) is 11.8. The van der Waals surface area contributed by atoms with Crippen molar-refractivity contribution in [3.05, 3.63) is 69.7 Å². The monoisotopic (exact) mass is 325 g/mol. The quantitative estimate of drug-likeness (QED) is 0.817. The molecule has 2 aromatic carbocycles. The van der Waals surface area contributed by atoms with Crippen LogP contribution in [0.25, 0.3) is 0 Å². The van der Waals surface area contributed by atoms with Crippen LogP contribution in [0.4, 0.5) is 8.78 Å². The smallest absolute Gasteiger partial charge is 0.137 e. The molecule has 0 aliphatic heterocycles. The number of benzene rings is 2. The molecule has 100 valence electrons. The van der Waals surface area contributed by atoms with Gasteiger partial charge in [0, 0.05) is 6.54 Å². The molecular weight excluding hydrogens is 312 g/mol. The highest BCUT2D eigenvalue weighted by atomic mass is 79.9. The molecule has 0 spiro atoms. The Kier molecular flexibility index (Phi) is 5.05. The van der Waals surface area contributed by atoms with E-state index >= 15 is 0 Å². The standard InChI is InChI=1S/C15H14BrF2N/c16-13-6-5-11(9-15(13)18)10-19-8-7-12-3-1-2-4-14(12)17/h1-6,9,19H,7-8,10H2. The van der Waals surface area contributed by atoms with Crippen molar-refractivity contribution in [2.24, 2.45) is 0 Å². The third-order valence-corrected chi connectivity index (χ3v) is 3.49. The van der Waals surface area contributed by atoms with Crippen LogP contribution in [0.15, 0.2) is 46.9 Å². The summed E-state index contributed by atoms with van der Waals surface area (Å²) in [6.07, 6.45) is 0.617. The first-order chi connectivity index (χ1) is 9.16. The highest BCUT2D eigenvalue weighted by Gasteiger charge is 2.02. The van der Waals surface area contributed by atoms with E-state index in [2.05, 4.69) is 21.2 Å². The van der Waals surface area contributed by atoms with Crippen LogP contribution in [-0.4, -0.2) is 6.54 Å². The Bertz CT molecular complexity index is 558. The van der Waals surface area contributed by atoms with Crippen molar-refractivity contribution in [1.29, 1.82) is 0 Å². The summed E-state index contributed by atoms with van der Waals surface area (Å²) < 4.78 is 27.1. The molecule has 0 saturated heterocycles. The van der Waals surface area contributed by atoms with Gasteiger partial charge in [-0.15, -0.1) is 0 Å². The van der Waals surface area contributed by atoms with Gasteiger partial charge in [0.25, 0.3) is 0 Å². The van der Waals surface area contributed by atoms with E-state index < -0.39 is 0 Å². The second-order valence-corrected chi connectivity index (χ2v) is 5.12. The highest BCUT2D eigenvalue weighted by molar-refractivity contribution is 9.10. The van der Waals surface area contributed by atoms with Gasteiger partial charge in [-0.25, -0.2) is 8.78 Å². The molecule has 1 N–H and O–H groups in total. The molecule has 0 aliphatic carbocycles. The Morgan fingerprint density at radius 1 is 1.00 bits per heavy atom. The van der Waals surface area contributed by atoms with E-state index in [0.29, 0.717) is 29.5 Å². The summed E-state index contributed by atoms with van der Waals surface area (Å²) in [5.74, 6) is -0.451. The Morgan fingerprint density at radius 2 is 1.79 bits per heavy atom. The van der Waals surface area contributed by atoms with Crippen molar-refractivity contribution in [3.8, 4) is 0 Å². The summed E-state index contributed by atoms with van der Waals surface area (Å²) in [5, 5.41) is 3.18. The molecule has 0 unspecified atom stereocenters. The summed E-state index contributed by atoms with van der Waals surface area (Å²) in [7, 11) is 0. The fourth-order valence-electron chi connectivity index (χ4n) is 1.81. The van der Waals surface area contributed by atoms with E-state index in [0.717, 1.165) is 5.56 Å². The molecule has 0 fully saturated rings. The first kappa shape index (κ1) is 14.2. The van der Waals surface area contributed by atoms with Gasteiger partial charge >= 0.3 is 0 Å². The fourth-order valence-corrected chi connectivity index (χ4v) is 2.05. The molecule has 4 heteroatoms. The average molecular weight is 326 g/mol. The second kappa shape index (κ2) is 6.78. The van der Waals surface area contributed by atoms with Gasteiger partial charge in [-0.1, -0.05) is 24.3 Å². The van der Waals surface area contributed by atoms with Gasteiger partial charge in [0.2, 0.25) is 0 Å².